The third kappa shape index (κ3) is 3.55. The summed E-state index contributed by atoms with van der Waals surface area (Å²) in [6.07, 6.45) is 0.676. The average Bonchev–Trinajstić information content (AvgIpc) is 2.30. The Morgan fingerprint density at radius 3 is 2.39 bits per heavy atom. The fourth-order valence-corrected chi connectivity index (χ4v) is 2.73. The lowest BCUT2D eigenvalue weighted by Gasteiger charge is -2.35. The van der Waals surface area contributed by atoms with Crippen molar-refractivity contribution in [2.75, 3.05) is 20.1 Å². The first kappa shape index (κ1) is 13.5. The van der Waals surface area contributed by atoms with E-state index in [1.807, 2.05) is 7.05 Å². The third-order valence-corrected chi connectivity index (χ3v) is 3.37. The average molecular weight is 248 g/mol. The Morgan fingerprint density at radius 1 is 1.17 bits per heavy atom. The standard InChI is InChI=1S/C15H24N2O/c1-12-9-17(10-13(2)18-12)11-15-7-5-4-6-14(15)8-16-3/h4-7,12-13,16H,8-11H2,1-3H3/t12-,13+. The maximum Gasteiger partial charge on any atom is 0.0678 e. The molecule has 3 heteroatoms. The summed E-state index contributed by atoms with van der Waals surface area (Å²) in [4.78, 5) is 2.49. The SMILES string of the molecule is CNCc1ccccc1CN1C[C@@H](C)O[C@@H](C)C1. The molecule has 0 amide bonds. The van der Waals surface area contributed by atoms with Gasteiger partial charge in [-0.25, -0.2) is 0 Å². The number of nitrogens with zero attached hydrogens (tertiary/aromatic N) is 1. The second-order valence-electron chi connectivity index (χ2n) is 5.25. The molecule has 1 aromatic carbocycles. The number of nitrogens with one attached hydrogen (secondary N) is 1. The van der Waals surface area contributed by atoms with Gasteiger partial charge in [-0.2, -0.15) is 0 Å². The van der Waals surface area contributed by atoms with Gasteiger partial charge in [-0.05, 0) is 32.0 Å². The molecule has 0 unspecified atom stereocenters. The lowest BCUT2D eigenvalue weighted by molar-refractivity contribution is -0.0705. The van der Waals surface area contributed by atoms with Gasteiger partial charge in [0.1, 0.15) is 0 Å². The summed E-state index contributed by atoms with van der Waals surface area (Å²) in [7, 11) is 2.00. The Hall–Kier alpha value is -0.900. The van der Waals surface area contributed by atoms with Crippen LogP contribution in [-0.4, -0.2) is 37.2 Å². The minimum absolute atomic E-state index is 0.338. The molecular formula is C15H24N2O. The number of ether oxygens (including phenoxy) is 1. The van der Waals surface area contributed by atoms with Crippen molar-refractivity contribution in [2.24, 2.45) is 0 Å². The molecule has 1 fully saturated rings. The summed E-state index contributed by atoms with van der Waals surface area (Å²) < 4.78 is 5.78. The van der Waals surface area contributed by atoms with Crippen LogP contribution >= 0.6 is 0 Å². The molecule has 1 aliphatic rings. The van der Waals surface area contributed by atoms with Crippen molar-refractivity contribution in [3.05, 3.63) is 35.4 Å². The Labute approximate surface area is 110 Å². The monoisotopic (exact) mass is 248 g/mol. The summed E-state index contributed by atoms with van der Waals surface area (Å²) in [5.41, 5.74) is 2.82. The van der Waals surface area contributed by atoms with Crippen molar-refractivity contribution < 1.29 is 4.74 Å². The van der Waals surface area contributed by atoms with Crippen molar-refractivity contribution >= 4 is 0 Å². The number of morpholine rings is 1. The van der Waals surface area contributed by atoms with E-state index in [4.69, 9.17) is 4.74 Å². The maximum atomic E-state index is 5.78. The Balaban J connectivity index is 2.04. The summed E-state index contributed by atoms with van der Waals surface area (Å²) in [5.74, 6) is 0. The molecular weight excluding hydrogens is 224 g/mol. The molecule has 1 aliphatic heterocycles. The van der Waals surface area contributed by atoms with Crippen LogP contribution < -0.4 is 5.32 Å². The van der Waals surface area contributed by atoms with E-state index in [2.05, 4.69) is 48.3 Å². The fraction of sp³-hybridized carbons (Fsp3) is 0.600. The zero-order chi connectivity index (χ0) is 13.0. The van der Waals surface area contributed by atoms with Crippen LogP contribution in [0.15, 0.2) is 24.3 Å². The van der Waals surface area contributed by atoms with Gasteiger partial charge in [0.2, 0.25) is 0 Å². The second-order valence-corrected chi connectivity index (χ2v) is 5.25. The minimum Gasteiger partial charge on any atom is -0.373 e. The highest BCUT2D eigenvalue weighted by Crippen LogP contribution is 2.16. The second kappa shape index (κ2) is 6.32. The number of benzene rings is 1. The van der Waals surface area contributed by atoms with Crippen molar-refractivity contribution in [2.45, 2.75) is 39.1 Å². The van der Waals surface area contributed by atoms with Gasteiger partial charge in [-0.15, -0.1) is 0 Å². The van der Waals surface area contributed by atoms with E-state index in [9.17, 15) is 0 Å². The Kier molecular flexibility index (Phi) is 4.75. The molecule has 0 spiro atoms. The highest BCUT2D eigenvalue weighted by Gasteiger charge is 2.22. The first-order valence-electron chi connectivity index (χ1n) is 6.78. The predicted octanol–water partition coefficient (Wildman–Crippen LogP) is 2.02. The zero-order valence-corrected chi connectivity index (χ0v) is 11.6. The van der Waals surface area contributed by atoms with Crippen molar-refractivity contribution in [1.82, 2.24) is 10.2 Å². The van der Waals surface area contributed by atoms with Gasteiger partial charge in [-0.3, -0.25) is 4.90 Å². The van der Waals surface area contributed by atoms with Crippen LogP contribution in [0.3, 0.4) is 0 Å². The first-order valence-corrected chi connectivity index (χ1v) is 6.78. The van der Waals surface area contributed by atoms with Crippen LogP contribution in [0.25, 0.3) is 0 Å². The molecule has 0 aliphatic carbocycles. The largest absolute Gasteiger partial charge is 0.373 e. The van der Waals surface area contributed by atoms with E-state index in [0.717, 1.165) is 26.2 Å². The quantitative estimate of drug-likeness (QED) is 0.882. The lowest BCUT2D eigenvalue weighted by atomic mass is 10.1. The van der Waals surface area contributed by atoms with E-state index < -0.39 is 0 Å². The van der Waals surface area contributed by atoms with Crippen molar-refractivity contribution in [3.63, 3.8) is 0 Å². The molecule has 2 atom stereocenters. The Morgan fingerprint density at radius 2 is 1.78 bits per heavy atom. The van der Waals surface area contributed by atoms with Crippen molar-refractivity contribution in [1.29, 1.82) is 0 Å². The molecule has 0 radical (unpaired) electrons. The summed E-state index contributed by atoms with van der Waals surface area (Å²) in [6, 6.07) is 8.68. The highest BCUT2D eigenvalue weighted by molar-refractivity contribution is 5.27. The van der Waals surface area contributed by atoms with Crippen LogP contribution in [0.2, 0.25) is 0 Å². The summed E-state index contributed by atoms with van der Waals surface area (Å²) >= 11 is 0. The van der Waals surface area contributed by atoms with Gasteiger partial charge in [-0.1, -0.05) is 24.3 Å². The molecule has 18 heavy (non-hydrogen) atoms. The molecule has 1 N–H and O–H groups in total. The van der Waals surface area contributed by atoms with Crippen LogP contribution in [0.4, 0.5) is 0 Å². The number of rotatable bonds is 4. The maximum absolute atomic E-state index is 5.78. The highest BCUT2D eigenvalue weighted by atomic mass is 16.5. The zero-order valence-electron chi connectivity index (χ0n) is 11.6. The molecule has 3 nitrogen and oxygen atoms in total. The molecule has 0 aromatic heterocycles. The Bertz CT molecular complexity index is 371. The van der Waals surface area contributed by atoms with Crippen LogP contribution in [0.1, 0.15) is 25.0 Å². The molecule has 100 valence electrons. The van der Waals surface area contributed by atoms with E-state index in [-0.39, 0.29) is 0 Å². The van der Waals surface area contributed by atoms with Gasteiger partial charge in [0.25, 0.3) is 0 Å². The predicted molar refractivity (Wildman–Crippen MR) is 74.5 cm³/mol. The molecule has 1 heterocycles. The number of hydrogen-bond acceptors (Lipinski definition) is 3. The molecule has 1 saturated heterocycles. The molecule has 2 rings (SSSR count). The summed E-state index contributed by atoms with van der Waals surface area (Å²) in [6.45, 7) is 8.32. The topological polar surface area (TPSA) is 24.5 Å². The van der Waals surface area contributed by atoms with Crippen molar-refractivity contribution in [3.8, 4) is 0 Å². The summed E-state index contributed by atoms with van der Waals surface area (Å²) in [5, 5.41) is 3.24. The lowest BCUT2D eigenvalue weighted by Crippen LogP contribution is -2.44. The minimum atomic E-state index is 0.338. The first-order chi connectivity index (χ1) is 8.69. The van der Waals surface area contributed by atoms with E-state index >= 15 is 0 Å². The van der Waals surface area contributed by atoms with E-state index in [0.29, 0.717) is 12.2 Å². The fourth-order valence-electron chi connectivity index (χ4n) is 2.73. The van der Waals surface area contributed by atoms with Crippen LogP contribution in [0, 0.1) is 0 Å². The number of hydrogen-bond donors (Lipinski definition) is 1. The van der Waals surface area contributed by atoms with Gasteiger partial charge < -0.3 is 10.1 Å². The smallest absolute Gasteiger partial charge is 0.0678 e. The van der Waals surface area contributed by atoms with Gasteiger partial charge in [0, 0.05) is 26.2 Å². The van der Waals surface area contributed by atoms with Gasteiger partial charge >= 0.3 is 0 Å². The van der Waals surface area contributed by atoms with E-state index in [1.165, 1.54) is 11.1 Å². The van der Waals surface area contributed by atoms with Crippen LogP contribution in [0.5, 0.6) is 0 Å². The van der Waals surface area contributed by atoms with Crippen LogP contribution in [-0.2, 0) is 17.8 Å². The molecule has 0 saturated carbocycles. The third-order valence-electron chi connectivity index (χ3n) is 3.37. The molecule has 0 bridgehead atoms. The molecule has 1 aromatic rings. The van der Waals surface area contributed by atoms with Gasteiger partial charge in [0.15, 0.2) is 0 Å². The van der Waals surface area contributed by atoms with E-state index in [1.54, 1.807) is 0 Å². The van der Waals surface area contributed by atoms with Gasteiger partial charge in [0.05, 0.1) is 12.2 Å². The normalized spacial score (nSPS) is 25.3.